The van der Waals surface area contributed by atoms with Crippen LogP contribution in [0, 0.1) is 0 Å². The van der Waals surface area contributed by atoms with Crippen LogP contribution >= 0.6 is 38.9 Å². The molecule has 2 atom stereocenters. The molecule has 3 rings (SSSR count). The van der Waals surface area contributed by atoms with Crippen molar-refractivity contribution < 1.29 is 4.39 Å². The van der Waals surface area contributed by atoms with Gasteiger partial charge in [0.25, 0.3) is 0 Å². The van der Waals surface area contributed by atoms with Gasteiger partial charge in [-0.1, -0.05) is 33.6 Å². The van der Waals surface area contributed by atoms with E-state index in [1.165, 1.54) is 15.8 Å². The van der Waals surface area contributed by atoms with E-state index in [4.69, 9.17) is 11.6 Å². The highest BCUT2D eigenvalue weighted by molar-refractivity contribution is 9.10. The third-order valence-corrected chi connectivity index (χ3v) is 5.72. The van der Waals surface area contributed by atoms with Crippen LogP contribution in [-0.2, 0) is 6.42 Å². The summed E-state index contributed by atoms with van der Waals surface area (Å²) in [6.45, 7) is 1.94. The van der Waals surface area contributed by atoms with Crippen LogP contribution in [0.3, 0.4) is 0 Å². The first-order valence-corrected chi connectivity index (χ1v) is 8.95. The van der Waals surface area contributed by atoms with E-state index >= 15 is 0 Å². The summed E-state index contributed by atoms with van der Waals surface area (Å²) in [4.78, 5) is 6.45. The SMILES string of the molecule is CC1N=C(F)C=CC1c1ccc(Cc2cc(Br)ccc2Cl)s1. The number of nitrogens with zero attached hydrogens (tertiary/aromatic N) is 1. The lowest BCUT2D eigenvalue weighted by molar-refractivity contribution is 0.641. The maximum Gasteiger partial charge on any atom is 0.208 e. The number of hydrogen-bond donors (Lipinski definition) is 0. The molecule has 5 heteroatoms. The van der Waals surface area contributed by atoms with Gasteiger partial charge in [0.1, 0.15) is 0 Å². The molecule has 0 spiro atoms. The summed E-state index contributed by atoms with van der Waals surface area (Å²) in [5.74, 6) is -0.238. The van der Waals surface area contributed by atoms with Crippen LogP contribution in [0.5, 0.6) is 0 Å². The van der Waals surface area contributed by atoms with Gasteiger partial charge in [-0.15, -0.1) is 11.3 Å². The zero-order valence-corrected chi connectivity index (χ0v) is 15.1. The summed E-state index contributed by atoms with van der Waals surface area (Å²) in [6.07, 6.45) is 4.15. The predicted octanol–water partition coefficient (Wildman–Crippen LogP) is 6.16. The Morgan fingerprint density at radius 2 is 2.14 bits per heavy atom. The molecule has 0 radical (unpaired) electrons. The minimum absolute atomic E-state index is 0.0639. The van der Waals surface area contributed by atoms with Gasteiger partial charge in [-0.05, 0) is 48.9 Å². The third kappa shape index (κ3) is 3.50. The Morgan fingerprint density at radius 1 is 1.32 bits per heavy atom. The normalized spacial score (nSPS) is 21.0. The lowest BCUT2D eigenvalue weighted by atomic mass is 9.97. The first-order chi connectivity index (χ1) is 10.5. The van der Waals surface area contributed by atoms with Gasteiger partial charge in [0, 0.05) is 31.6 Å². The van der Waals surface area contributed by atoms with Gasteiger partial charge in [0.2, 0.25) is 5.97 Å². The molecule has 22 heavy (non-hydrogen) atoms. The van der Waals surface area contributed by atoms with Crippen LogP contribution in [0.1, 0.15) is 28.2 Å². The molecule has 2 heterocycles. The molecular weight excluding hydrogens is 385 g/mol. The van der Waals surface area contributed by atoms with Crippen molar-refractivity contribution in [2.75, 3.05) is 0 Å². The van der Waals surface area contributed by atoms with E-state index in [1.54, 1.807) is 11.3 Å². The standard InChI is InChI=1S/C17H14BrClFNS/c1-10-14(4-7-17(20)21-10)16-6-3-13(22-16)9-11-8-12(18)2-5-15(11)19/h2-8,10,14H,9H2,1H3. The van der Waals surface area contributed by atoms with Crippen molar-refractivity contribution in [1.29, 1.82) is 0 Å². The monoisotopic (exact) mass is 397 g/mol. The molecule has 2 unspecified atom stereocenters. The second-order valence-corrected chi connectivity index (χ2v) is 7.82. The van der Waals surface area contributed by atoms with E-state index in [0.717, 1.165) is 21.5 Å². The first kappa shape index (κ1) is 15.9. The van der Waals surface area contributed by atoms with Crippen molar-refractivity contribution in [3.8, 4) is 0 Å². The fourth-order valence-electron chi connectivity index (χ4n) is 2.53. The highest BCUT2D eigenvalue weighted by Crippen LogP contribution is 2.34. The van der Waals surface area contributed by atoms with Gasteiger partial charge in [-0.25, -0.2) is 0 Å². The van der Waals surface area contributed by atoms with Crippen LogP contribution in [0.4, 0.5) is 4.39 Å². The lowest BCUT2D eigenvalue weighted by Crippen LogP contribution is -2.14. The maximum absolute atomic E-state index is 13.1. The van der Waals surface area contributed by atoms with Crippen LogP contribution in [-0.4, -0.2) is 12.0 Å². The molecule has 1 aromatic carbocycles. The first-order valence-electron chi connectivity index (χ1n) is 6.97. The molecule has 1 aliphatic rings. The van der Waals surface area contributed by atoms with Crippen molar-refractivity contribution in [2.45, 2.75) is 25.3 Å². The second-order valence-electron chi connectivity index (χ2n) is 5.29. The van der Waals surface area contributed by atoms with E-state index in [1.807, 2.05) is 31.2 Å². The summed E-state index contributed by atoms with van der Waals surface area (Å²) < 4.78 is 14.2. The largest absolute Gasteiger partial charge is 0.254 e. The minimum atomic E-state index is -0.388. The van der Waals surface area contributed by atoms with Gasteiger partial charge < -0.3 is 0 Å². The molecule has 0 N–H and O–H groups in total. The molecular formula is C17H14BrClFNS. The molecule has 0 amide bonds. The average molecular weight is 399 g/mol. The Labute approximate surface area is 146 Å². The smallest absolute Gasteiger partial charge is 0.208 e. The Kier molecular flexibility index (Phi) is 4.81. The zero-order valence-electron chi connectivity index (χ0n) is 11.9. The molecule has 0 fully saturated rings. The summed E-state index contributed by atoms with van der Waals surface area (Å²) in [7, 11) is 0. The van der Waals surface area contributed by atoms with Crippen molar-refractivity contribution in [2.24, 2.45) is 4.99 Å². The number of halogens is 3. The Morgan fingerprint density at radius 3 is 2.91 bits per heavy atom. The minimum Gasteiger partial charge on any atom is -0.254 e. The topological polar surface area (TPSA) is 12.4 Å². The number of hydrogen-bond acceptors (Lipinski definition) is 2. The number of rotatable bonds is 3. The highest BCUT2D eigenvalue weighted by Gasteiger charge is 2.21. The van der Waals surface area contributed by atoms with Crippen molar-refractivity contribution in [1.82, 2.24) is 0 Å². The summed E-state index contributed by atoms with van der Waals surface area (Å²) in [6, 6.07) is 10.0. The number of aliphatic imine (C=N–C) groups is 1. The van der Waals surface area contributed by atoms with Crippen LogP contribution in [0.2, 0.25) is 5.02 Å². The van der Waals surface area contributed by atoms with Crippen molar-refractivity contribution in [3.05, 3.63) is 67.3 Å². The van der Waals surface area contributed by atoms with Gasteiger partial charge in [-0.2, -0.15) is 4.39 Å². The molecule has 0 aliphatic carbocycles. The van der Waals surface area contributed by atoms with Crippen LogP contribution < -0.4 is 0 Å². The van der Waals surface area contributed by atoms with E-state index in [0.29, 0.717) is 0 Å². The number of allylic oxidation sites excluding steroid dienone is 1. The molecule has 0 bridgehead atoms. The molecule has 1 nitrogen and oxygen atoms in total. The van der Waals surface area contributed by atoms with Crippen molar-refractivity contribution in [3.63, 3.8) is 0 Å². The molecule has 114 valence electrons. The number of thiophene rings is 1. The van der Waals surface area contributed by atoms with Gasteiger partial charge in [0.15, 0.2) is 0 Å². The Balaban J connectivity index is 1.80. The number of benzene rings is 1. The van der Waals surface area contributed by atoms with E-state index in [-0.39, 0.29) is 17.9 Å². The summed E-state index contributed by atoms with van der Waals surface area (Å²) in [5.41, 5.74) is 1.10. The fourth-order valence-corrected chi connectivity index (χ4v) is 4.34. The van der Waals surface area contributed by atoms with Crippen LogP contribution in [0.15, 0.2) is 51.9 Å². The lowest BCUT2D eigenvalue weighted by Gasteiger charge is -2.18. The van der Waals surface area contributed by atoms with Crippen LogP contribution in [0.25, 0.3) is 0 Å². The molecule has 1 aromatic heterocycles. The van der Waals surface area contributed by atoms with E-state index < -0.39 is 0 Å². The third-order valence-electron chi connectivity index (χ3n) is 3.67. The fraction of sp³-hybridized carbons (Fsp3) is 0.235. The predicted molar refractivity (Wildman–Crippen MR) is 96.2 cm³/mol. The summed E-state index contributed by atoms with van der Waals surface area (Å²) >= 11 is 11.5. The Bertz CT molecular complexity index is 753. The highest BCUT2D eigenvalue weighted by atomic mass is 79.9. The van der Waals surface area contributed by atoms with Gasteiger partial charge in [-0.3, -0.25) is 4.99 Å². The molecule has 0 saturated carbocycles. The number of dihydropyridines is 1. The maximum atomic E-state index is 13.1. The molecule has 2 aromatic rings. The van der Waals surface area contributed by atoms with E-state index in [2.05, 4.69) is 33.1 Å². The average Bonchev–Trinajstić information content (AvgIpc) is 2.91. The molecule has 0 saturated heterocycles. The van der Waals surface area contributed by atoms with E-state index in [9.17, 15) is 4.39 Å². The van der Waals surface area contributed by atoms with Gasteiger partial charge in [0.05, 0.1) is 6.04 Å². The quantitative estimate of drug-likeness (QED) is 0.586. The second kappa shape index (κ2) is 6.65. The zero-order chi connectivity index (χ0) is 15.7. The van der Waals surface area contributed by atoms with Gasteiger partial charge >= 0.3 is 0 Å². The summed E-state index contributed by atoms with van der Waals surface area (Å²) in [5, 5.41) is 0.774. The molecule has 1 aliphatic heterocycles. The Hall–Kier alpha value is -0.970. The van der Waals surface area contributed by atoms with Crippen molar-refractivity contribution >= 4 is 44.8 Å².